The van der Waals surface area contributed by atoms with Crippen LogP contribution in [0.1, 0.15) is 13.8 Å². The van der Waals surface area contributed by atoms with E-state index in [0.29, 0.717) is 0 Å². The number of terminal acetylenes is 1. The van der Waals surface area contributed by atoms with E-state index in [1.165, 1.54) is 6.92 Å². The Balaban J connectivity index is 5.03. The van der Waals surface area contributed by atoms with Crippen molar-refractivity contribution >= 4 is 5.97 Å². The van der Waals surface area contributed by atoms with Gasteiger partial charge in [-0.05, 0) is 13.8 Å². The average Bonchev–Trinajstić information content (AvgIpc) is 2.19. The number of nitriles is 2. The van der Waals surface area contributed by atoms with Gasteiger partial charge in [-0.3, -0.25) is 4.79 Å². The summed E-state index contributed by atoms with van der Waals surface area (Å²) in [5.74, 6) is 0.245. The quantitative estimate of drug-likeness (QED) is 0.488. The zero-order valence-corrected chi connectivity index (χ0v) is 8.07. The highest BCUT2D eigenvalue weighted by atomic mass is 16.5. The number of hydrogen-bond donors (Lipinski definition) is 0. The predicted molar refractivity (Wildman–Crippen MR) is 48.3 cm³/mol. The van der Waals surface area contributed by atoms with Crippen LogP contribution < -0.4 is 0 Å². The van der Waals surface area contributed by atoms with Gasteiger partial charge in [-0.15, -0.1) is 6.42 Å². The number of esters is 1. The van der Waals surface area contributed by atoms with Gasteiger partial charge in [0.2, 0.25) is 0 Å². The molecule has 0 N–H and O–H groups in total. The van der Waals surface area contributed by atoms with E-state index in [2.05, 4.69) is 5.92 Å². The first-order valence-electron chi connectivity index (χ1n) is 4.01. The Morgan fingerprint density at radius 2 is 2.07 bits per heavy atom. The SMILES string of the molecule is C#CC(C)(C(=O)OCC)C(C#N)C#N. The predicted octanol–water partition coefficient (Wildman–Crippen LogP) is 0.852. The fourth-order valence-electron chi connectivity index (χ4n) is 0.828. The number of ether oxygens (including phenoxy) is 1. The van der Waals surface area contributed by atoms with E-state index in [1.807, 2.05) is 0 Å². The van der Waals surface area contributed by atoms with Crippen LogP contribution in [0.3, 0.4) is 0 Å². The summed E-state index contributed by atoms with van der Waals surface area (Å²) in [4.78, 5) is 11.4. The lowest BCUT2D eigenvalue weighted by atomic mass is 9.79. The summed E-state index contributed by atoms with van der Waals surface area (Å²) < 4.78 is 4.70. The summed E-state index contributed by atoms with van der Waals surface area (Å²) in [6.45, 7) is 3.14. The maximum Gasteiger partial charge on any atom is 0.326 e. The average molecular weight is 190 g/mol. The molecule has 1 unspecified atom stereocenters. The maximum absolute atomic E-state index is 11.4. The molecule has 1 atom stereocenters. The zero-order chi connectivity index (χ0) is 11.2. The van der Waals surface area contributed by atoms with E-state index in [-0.39, 0.29) is 6.61 Å². The highest BCUT2D eigenvalue weighted by molar-refractivity contribution is 5.81. The molecule has 0 heterocycles. The highest BCUT2D eigenvalue weighted by Crippen LogP contribution is 2.27. The van der Waals surface area contributed by atoms with Crippen molar-refractivity contribution in [2.75, 3.05) is 6.61 Å². The molecule has 0 radical (unpaired) electrons. The van der Waals surface area contributed by atoms with E-state index in [4.69, 9.17) is 21.7 Å². The van der Waals surface area contributed by atoms with Crippen molar-refractivity contribution in [2.24, 2.45) is 11.3 Å². The monoisotopic (exact) mass is 190 g/mol. The molecular formula is C10H10N2O2. The molecular weight excluding hydrogens is 180 g/mol. The largest absolute Gasteiger partial charge is 0.465 e. The fourth-order valence-corrected chi connectivity index (χ4v) is 0.828. The first-order chi connectivity index (χ1) is 6.56. The Labute approximate surface area is 83.1 Å². The van der Waals surface area contributed by atoms with Crippen molar-refractivity contribution in [2.45, 2.75) is 13.8 Å². The van der Waals surface area contributed by atoms with Crippen LogP contribution in [0.5, 0.6) is 0 Å². The van der Waals surface area contributed by atoms with Gasteiger partial charge in [0.15, 0.2) is 11.3 Å². The van der Waals surface area contributed by atoms with E-state index < -0.39 is 17.3 Å². The molecule has 14 heavy (non-hydrogen) atoms. The van der Waals surface area contributed by atoms with Crippen molar-refractivity contribution < 1.29 is 9.53 Å². The van der Waals surface area contributed by atoms with Crippen molar-refractivity contribution in [3.8, 4) is 24.5 Å². The molecule has 0 aliphatic carbocycles. The molecule has 0 aromatic rings. The molecule has 0 spiro atoms. The lowest BCUT2D eigenvalue weighted by Gasteiger charge is -2.21. The molecule has 72 valence electrons. The van der Waals surface area contributed by atoms with Crippen LogP contribution in [-0.4, -0.2) is 12.6 Å². The maximum atomic E-state index is 11.4. The molecule has 0 aliphatic heterocycles. The minimum atomic E-state index is -1.49. The third kappa shape index (κ3) is 2.03. The summed E-state index contributed by atoms with van der Waals surface area (Å²) in [5, 5.41) is 17.3. The number of carbonyl (C=O) groups excluding carboxylic acids is 1. The second-order valence-corrected chi connectivity index (χ2v) is 2.76. The van der Waals surface area contributed by atoms with Crippen LogP contribution >= 0.6 is 0 Å². The third-order valence-corrected chi connectivity index (χ3v) is 1.83. The zero-order valence-electron chi connectivity index (χ0n) is 8.07. The van der Waals surface area contributed by atoms with E-state index in [9.17, 15) is 4.79 Å². The molecule has 0 bridgehead atoms. The van der Waals surface area contributed by atoms with Crippen LogP contribution in [0.4, 0.5) is 0 Å². The summed E-state index contributed by atoms with van der Waals surface area (Å²) in [5.41, 5.74) is -1.49. The molecule has 0 aliphatic rings. The van der Waals surface area contributed by atoms with Gasteiger partial charge >= 0.3 is 5.97 Å². The Kier molecular flexibility index (Phi) is 4.20. The molecule has 0 rings (SSSR count). The van der Waals surface area contributed by atoms with Gasteiger partial charge < -0.3 is 4.74 Å². The van der Waals surface area contributed by atoms with Gasteiger partial charge in [0.25, 0.3) is 0 Å². The smallest absolute Gasteiger partial charge is 0.326 e. The molecule has 0 saturated heterocycles. The van der Waals surface area contributed by atoms with Gasteiger partial charge in [-0.25, -0.2) is 0 Å². The van der Waals surface area contributed by atoms with Gasteiger partial charge in [0, 0.05) is 0 Å². The van der Waals surface area contributed by atoms with E-state index in [0.717, 1.165) is 0 Å². The Hall–Kier alpha value is -1.99. The molecule has 0 saturated carbocycles. The summed E-state index contributed by atoms with van der Waals surface area (Å²) in [6, 6.07) is 3.36. The van der Waals surface area contributed by atoms with Gasteiger partial charge in [-0.2, -0.15) is 10.5 Å². The summed E-state index contributed by atoms with van der Waals surface area (Å²) in [6.07, 6.45) is 5.14. The Morgan fingerprint density at radius 1 is 1.57 bits per heavy atom. The molecule has 0 aromatic carbocycles. The van der Waals surface area contributed by atoms with Gasteiger partial charge in [0.05, 0.1) is 18.7 Å². The minimum Gasteiger partial charge on any atom is -0.465 e. The molecule has 0 amide bonds. The summed E-state index contributed by atoms with van der Waals surface area (Å²) >= 11 is 0. The van der Waals surface area contributed by atoms with Crippen LogP contribution in [0.15, 0.2) is 0 Å². The van der Waals surface area contributed by atoms with Crippen molar-refractivity contribution in [1.82, 2.24) is 0 Å². The number of hydrogen-bond acceptors (Lipinski definition) is 4. The first kappa shape index (κ1) is 12.0. The Bertz CT molecular complexity index is 329. The van der Waals surface area contributed by atoms with Crippen LogP contribution in [0.25, 0.3) is 0 Å². The second kappa shape index (κ2) is 4.90. The number of carbonyl (C=O) groups is 1. The van der Waals surface area contributed by atoms with Crippen LogP contribution in [0.2, 0.25) is 0 Å². The lowest BCUT2D eigenvalue weighted by molar-refractivity contribution is -0.151. The summed E-state index contributed by atoms with van der Waals surface area (Å²) in [7, 11) is 0. The normalized spacial score (nSPS) is 13.1. The molecule has 4 nitrogen and oxygen atoms in total. The van der Waals surface area contributed by atoms with Crippen LogP contribution in [-0.2, 0) is 9.53 Å². The third-order valence-electron chi connectivity index (χ3n) is 1.83. The first-order valence-corrected chi connectivity index (χ1v) is 4.01. The lowest BCUT2D eigenvalue weighted by Crippen LogP contribution is -2.35. The van der Waals surface area contributed by atoms with Gasteiger partial charge in [-0.1, -0.05) is 5.92 Å². The van der Waals surface area contributed by atoms with Crippen molar-refractivity contribution in [3.63, 3.8) is 0 Å². The number of rotatable bonds is 3. The molecule has 0 fully saturated rings. The van der Waals surface area contributed by atoms with Crippen LogP contribution in [0, 0.1) is 46.3 Å². The highest BCUT2D eigenvalue weighted by Gasteiger charge is 2.42. The number of nitrogens with zero attached hydrogens (tertiary/aromatic N) is 2. The minimum absolute atomic E-state index is 0.166. The van der Waals surface area contributed by atoms with Crippen molar-refractivity contribution in [3.05, 3.63) is 0 Å². The van der Waals surface area contributed by atoms with Gasteiger partial charge in [0.1, 0.15) is 0 Å². The Morgan fingerprint density at radius 3 is 2.36 bits per heavy atom. The molecule has 4 heteroatoms. The van der Waals surface area contributed by atoms with E-state index >= 15 is 0 Å². The second-order valence-electron chi connectivity index (χ2n) is 2.76. The van der Waals surface area contributed by atoms with E-state index in [1.54, 1.807) is 19.1 Å². The standard InChI is InChI=1S/C10H10N2O2/c1-4-10(3,8(6-11)7-12)9(13)14-5-2/h1,8H,5H2,2-3H3. The van der Waals surface area contributed by atoms with Crippen molar-refractivity contribution in [1.29, 1.82) is 10.5 Å². The fraction of sp³-hybridized carbons (Fsp3) is 0.500. The topological polar surface area (TPSA) is 73.9 Å². The molecule has 0 aromatic heterocycles.